The molecule has 2 aromatic carbocycles. The predicted octanol–water partition coefficient (Wildman–Crippen LogP) is 3.45. The van der Waals surface area contributed by atoms with Gasteiger partial charge in [0.05, 0.1) is 7.11 Å². The van der Waals surface area contributed by atoms with E-state index < -0.39 is 6.09 Å². The number of carboxylic acid groups (broad SMARTS) is 1. The van der Waals surface area contributed by atoms with E-state index in [4.69, 9.17) is 14.6 Å². The minimum Gasteiger partial charge on any atom is -0.496 e. The summed E-state index contributed by atoms with van der Waals surface area (Å²) in [5, 5.41) is 9.11. The molecule has 5 nitrogen and oxygen atoms in total. The Morgan fingerprint density at radius 2 is 2.08 bits per heavy atom. The Morgan fingerprint density at radius 3 is 2.83 bits per heavy atom. The molecule has 0 unspecified atom stereocenters. The Bertz CT molecular complexity index is 763. The Balaban J connectivity index is 1.74. The van der Waals surface area contributed by atoms with Crippen LogP contribution in [-0.4, -0.2) is 29.8 Å². The van der Waals surface area contributed by atoms with Crippen LogP contribution < -0.4 is 9.47 Å². The van der Waals surface area contributed by atoms with Gasteiger partial charge in [-0.3, -0.25) is 0 Å². The number of methoxy groups -OCH3 is 1. The number of hydrogen-bond acceptors (Lipinski definition) is 3. The number of fused-ring (bicyclic) bond motifs is 1. The second-order valence-electron chi connectivity index (χ2n) is 5.63. The van der Waals surface area contributed by atoms with E-state index in [1.165, 1.54) is 24.1 Å². The number of benzene rings is 2. The first-order chi connectivity index (χ1) is 11.6. The topological polar surface area (TPSA) is 59.0 Å². The summed E-state index contributed by atoms with van der Waals surface area (Å²) in [5.74, 6) is 0.829. The molecule has 1 aliphatic rings. The highest BCUT2D eigenvalue weighted by atomic mass is 19.1. The van der Waals surface area contributed by atoms with Crippen molar-refractivity contribution in [3.63, 3.8) is 0 Å². The highest BCUT2D eigenvalue weighted by Gasteiger charge is 2.20. The van der Waals surface area contributed by atoms with Crippen LogP contribution in [0.5, 0.6) is 11.5 Å². The molecule has 1 heterocycles. The van der Waals surface area contributed by atoms with Gasteiger partial charge in [0.15, 0.2) is 0 Å². The van der Waals surface area contributed by atoms with Gasteiger partial charge in [-0.15, -0.1) is 0 Å². The molecule has 0 saturated heterocycles. The summed E-state index contributed by atoms with van der Waals surface area (Å²) < 4.78 is 24.3. The summed E-state index contributed by atoms with van der Waals surface area (Å²) in [6.45, 7) is 1.02. The van der Waals surface area contributed by atoms with E-state index in [0.717, 1.165) is 11.1 Å². The summed E-state index contributed by atoms with van der Waals surface area (Å²) in [6.07, 6.45) is -0.226. The molecule has 0 atom stereocenters. The Morgan fingerprint density at radius 1 is 1.25 bits per heavy atom. The predicted molar refractivity (Wildman–Crippen MR) is 85.9 cm³/mol. The summed E-state index contributed by atoms with van der Waals surface area (Å²) in [4.78, 5) is 12.5. The molecule has 0 radical (unpaired) electrons. The Hall–Kier alpha value is -2.76. The molecule has 126 valence electrons. The normalized spacial score (nSPS) is 13.3. The van der Waals surface area contributed by atoms with E-state index in [0.29, 0.717) is 36.6 Å². The molecule has 0 saturated carbocycles. The zero-order chi connectivity index (χ0) is 17.1. The fourth-order valence-corrected chi connectivity index (χ4v) is 2.81. The quantitative estimate of drug-likeness (QED) is 0.932. The van der Waals surface area contributed by atoms with Gasteiger partial charge in [0.25, 0.3) is 0 Å². The van der Waals surface area contributed by atoms with Crippen molar-refractivity contribution in [1.29, 1.82) is 0 Å². The maximum absolute atomic E-state index is 13.4. The lowest BCUT2D eigenvalue weighted by molar-refractivity contribution is 0.140. The first-order valence-corrected chi connectivity index (χ1v) is 7.61. The van der Waals surface area contributed by atoms with Crippen LogP contribution in [0.2, 0.25) is 0 Å². The van der Waals surface area contributed by atoms with Gasteiger partial charge in [-0.25, -0.2) is 9.18 Å². The van der Waals surface area contributed by atoms with Crippen molar-refractivity contribution in [3.8, 4) is 11.5 Å². The summed E-state index contributed by atoms with van der Waals surface area (Å²) in [7, 11) is 1.52. The lowest BCUT2D eigenvalue weighted by atomic mass is 10.00. The van der Waals surface area contributed by atoms with Gasteiger partial charge in [-0.1, -0.05) is 6.07 Å². The lowest BCUT2D eigenvalue weighted by Gasteiger charge is -2.26. The fraction of sp³-hybridized carbons (Fsp3) is 0.278. The van der Waals surface area contributed by atoms with Gasteiger partial charge in [0.2, 0.25) is 0 Å². The maximum Gasteiger partial charge on any atom is 0.407 e. The van der Waals surface area contributed by atoms with Gasteiger partial charge in [-0.05, 0) is 47.9 Å². The molecular weight excluding hydrogens is 313 g/mol. The van der Waals surface area contributed by atoms with Gasteiger partial charge in [0, 0.05) is 18.7 Å². The summed E-state index contributed by atoms with van der Waals surface area (Å²) in [5.41, 5.74) is 2.68. The van der Waals surface area contributed by atoms with Gasteiger partial charge in [0.1, 0.15) is 23.9 Å². The van der Waals surface area contributed by atoms with E-state index in [1.807, 2.05) is 18.2 Å². The van der Waals surface area contributed by atoms with Crippen LogP contribution in [0.25, 0.3) is 0 Å². The van der Waals surface area contributed by atoms with Gasteiger partial charge in [-0.2, -0.15) is 0 Å². The van der Waals surface area contributed by atoms with E-state index in [9.17, 15) is 9.18 Å². The minimum absolute atomic E-state index is 0.169. The van der Waals surface area contributed by atoms with Crippen molar-refractivity contribution in [3.05, 3.63) is 58.9 Å². The number of amides is 1. The molecule has 0 aromatic heterocycles. The largest absolute Gasteiger partial charge is 0.496 e. The number of carbonyl (C=O) groups is 1. The highest BCUT2D eigenvalue weighted by molar-refractivity contribution is 5.65. The lowest BCUT2D eigenvalue weighted by Crippen LogP contribution is -2.34. The van der Waals surface area contributed by atoms with Crippen LogP contribution in [0.15, 0.2) is 36.4 Å². The second kappa shape index (κ2) is 6.78. The van der Waals surface area contributed by atoms with Crippen LogP contribution in [0.3, 0.4) is 0 Å². The average Bonchev–Trinajstić information content (AvgIpc) is 2.59. The third-order valence-electron chi connectivity index (χ3n) is 4.10. The number of hydrogen-bond donors (Lipinski definition) is 1. The van der Waals surface area contributed by atoms with Crippen molar-refractivity contribution in [2.24, 2.45) is 0 Å². The minimum atomic E-state index is -0.920. The third-order valence-corrected chi connectivity index (χ3v) is 4.10. The maximum atomic E-state index is 13.4. The molecule has 1 amide bonds. The molecule has 6 heteroatoms. The van der Waals surface area contributed by atoms with E-state index in [2.05, 4.69) is 0 Å². The number of nitrogens with zero attached hydrogens (tertiary/aromatic N) is 1. The molecular formula is C18H18FNO4. The molecule has 1 aliphatic heterocycles. The Labute approximate surface area is 139 Å². The van der Waals surface area contributed by atoms with Crippen LogP contribution in [-0.2, 0) is 19.6 Å². The summed E-state index contributed by atoms with van der Waals surface area (Å²) >= 11 is 0. The molecule has 3 rings (SSSR count). The fourth-order valence-electron chi connectivity index (χ4n) is 2.81. The molecule has 24 heavy (non-hydrogen) atoms. The standard InChI is InChI=1S/C18H18FNO4/c1-23-17-5-3-15(19)8-14(17)11-24-16-4-2-12-6-7-20(18(21)22)10-13(12)9-16/h2-5,8-9H,6-7,10-11H2,1H3,(H,21,22). The highest BCUT2D eigenvalue weighted by Crippen LogP contribution is 2.26. The van der Waals surface area contributed by atoms with Crippen molar-refractivity contribution in [2.45, 2.75) is 19.6 Å². The van der Waals surface area contributed by atoms with E-state index >= 15 is 0 Å². The monoisotopic (exact) mass is 331 g/mol. The van der Waals surface area contributed by atoms with Crippen molar-refractivity contribution in [2.75, 3.05) is 13.7 Å². The number of halogens is 1. The van der Waals surface area contributed by atoms with Crippen LogP contribution in [0, 0.1) is 5.82 Å². The Kier molecular flexibility index (Phi) is 4.55. The first-order valence-electron chi connectivity index (χ1n) is 7.61. The smallest absolute Gasteiger partial charge is 0.407 e. The number of rotatable bonds is 4. The van der Waals surface area contributed by atoms with Crippen molar-refractivity contribution >= 4 is 6.09 Å². The van der Waals surface area contributed by atoms with Crippen LogP contribution in [0.1, 0.15) is 16.7 Å². The average molecular weight is 331 g/mol. The van der Waals surface area contributed by atoms with Crippen molar-refractivity contribution < 1.29 is 23.8 Å². The number of ether oxygens (including phenoxy) is 2. The van der Waals surface area contributed by atoms with Crippen LogP contribution >= 0.6 is 0 Å². The van der Waals surface area contributed by atoms with Crippen LogP contribution in [0.4, 0.5) is 9.18 Å². The SMILES string of the molecule is COc1ccc(F)cc1COc1ccc2c(c1)CN(C(=O)O)CC2. The molecule has 2 aromatic rings. The van der Waals surface area contributed by atoms with Crippen molar-refractivity contribution in [1.82, 2.24) is 4.90 Å². The first kappa shape index (κ1) is 16.1. The molecule has 0 bridgehead atoms. The summed E-state index contributed by atoms with van der Waals surface area (Å²) in [6, 6.07) is 9.92. The molecule has 0 aliphatic carbocycles. The zero-order valence-electron chi connectivity index (χ0n) is 13.3. The third kappa shape index (κ3) is 3.42. The second-order valence-corrected chi connectivity index (χ2v) is 5.63. The van der Waals surface area contributed by atoms with Gasteiger partial charge < -0.3 is 19.5 Å². The zero-order valence-corrected chi connectivity index (χ0v) is 13.3. The molecule has 0 fully saturated rings. The molecule has 0 spiro atoms. The van der Waals surface area contributed by atoms with Gasteiger partial charge >= 0.3 is 6.09 Å². The van der Waals surface area contributed by atoms with E-state index in [-0.39, 0.29) is 12.4 Å². The van der Waals surface area contributed by atoms with E-state index in [1.54, 1.807) is 6.07 Å². The molecule has 1 N–H and O–H groups in total.